The highest BCUT2D eigenvalue weighted by Crippen LogP contribution is 2.25. The van der Waals surface area contributed by atoms with E-state index >= 15 is 0 Å². The van der Waals surface area contributed by atoms with E-state index in [-0.39, 0.29) is 5.60 Å². The van der Waals surface area contributed by atoms with Gasteiger partial charge in [0.25, 0.3) is 0 Å². The van der Waals surface area contributed by atoms with Gasteiger partial charge in [-0.1, -0.05) is 6.07 Å². The summed E-state index contributed by atoms with van der Waals surface area (Å²) >= 11 is 0. The maximum absolute atomic E-state index is 5.83. The van der Waals surface area contributed by atoms with Crippen molar-refractivity contribution in [2.24, 2.45) is 0 Å². The molecule has 0 radical (unpaired) electrons. The molecule has 0 aliphatic rings. The number of benzene rings is 1. The van der Waals surface area contributed by atoms with Crippen LogP contribution in [0.4, 0.5) is 0 Å². The molecule has 1 rings (SSSR count). The predicted octanol–water partition coefficient (Wildman–Crippen LogP) is 3.29. The van der Waals surface area contributed by atoms with Crippen LogP contribution in [0.1, 0.15) is 44.9 Å². The van der Waals surface area contributed by atoms with Crippen LogP contribution in [-0.2, 0) is 11.3 Å². The minimum absolute atomic E-state index is 0.143. The molecule has 3 nitrogen and oxygen atoms in total. The molecule has 102 valence electrons. The molecule has 0 heterocycles. The number of rotatable bonds is 5. The van der Waals surface area contributed by atoms with Crippen LogP contribution in [0.2, 0.25) is 0 Å². The maximum Gasteiger partial charge on any atom is 0.124 e. The molecular weight excluding hydrogens is 226 g/mol. The first kappa shape index (κ1) is 15.0. The van der Waals surface area contributed by atoms with E-state index in [0.717, 1.165) is 11.3 Å². The summed E-state index contributed by atoms with van der Waals surface area (Å²) in [7, 11) is 3.65. The van der Waals surface area contributed by atoms with Gasteiger partial charge < -0.3 is 14.8 Å². The molecule has 0 aliphatic heterocycles. The zero-order valence-corrected chi connectivity index (χ0v) is 12.3. The van der Waals surface area contributed by atoms with Crippen molar-refractivity contribution < 1.29 is 9.47 Å². The summed E-state index contributed by atoms with van der Waals surface area (Å²) < 4.78 is 11.2. The first-order valence-corrected chi connectivity index (χ1v) is 6.35. The van der Waals surface area contributed by atoms with Crippen LogP contribution < -0.4 is 10.1 Å². The molecule has 1 unspecified atom stereocenters. The zero-order chi connectivity index (χ0) is 13.8. The molecule has 0 aliphatic carbocycles. The molecule has 1 aromatic carbocycles. The highest BCUT2D eigenvalue weighted by molar-refractivity contribution is 5.38. The Morgan fingerprint density at radius 3 is 2.44 bits per heavy atom. The molecule has 0 saturated carbocycles. The molecule has 0 fully saturated rings. The van der Waals surface area contributed by atoms with Gasteiger partial charge in [-0.25, -0.2) is 0 Å². The lowest BCUT2D eigenvalue weighted by Crippen LogP contribution is -2.19. The average molecular weight is 251 g/mol. The van der Waals surface area contributed by atoms with E-state index < -0.39 is 0 Å². The Hall–Kier alpha value is -1.06. The third kappa shape index (κ3) is 4.31. The fraction of sp³-hybridized carbons (Fsp3) is 0.600. The van der Waals surface area contributed by atoms with Crippen molar-refractivity contribution in [2.75, 3.05) is 14.2 Å². The van der Waals surface area contributed by atoms with Crippen molar-refractivity contribution >= 4 is 0 Å². The maximum atomic E-state index is 5.83. The Bertz CT molecular complexity index is 383. The van der Waals surface area contributed by atoms with Crippen LogP contribution in [0.25, 0.3) is 0 Å². The lowest BCUT2D eigenvalue weighted by Gasteiger charge is -2.21. The fourth-order valence-electron chi connectivity index (χ4n) is 1.64. The standard InChI is InChI=1S/C15H25NO2/c1-11(16-5)12-7-8-14(17-6)13(9-12)10-18-15(2,3)4/h7-9,11,16H,10H2,1-6H3. The minimum Gasteiger partial charge on any atom is -0.496 e. The van der Waals surface area contributed by atoms with Crippen molar-refractivity contribution in [3.63, 3.8) is 0 Å². The van der Waals surface area contributed by atoms with Crippen LogP contribution in [0.3, 0.4) is 0 Å². The van der Waals surface area contributed by atoms with Gasteiger partial charge in [0.05, 0.1) is 19.3 Å². The van der Waals surface area contributed by atoms with Crippen LogP contribution in [0.5, 0.6) is 5.75 Å². The zero-order valence-electron chi connectivity index (χ0n) is 12.3. The third-order valence-corrected chi connectivity index (χ3v) is 2.90. The Morgan fingerprint density at radius 2 is 1.94 bits per heavy atom. The van der Waals surface area contributed by atoms with E-state index in [1.165, 1.54) is 5.56 Å². The van der Waals surface area contributed by atoms with E-state index in [4.69, 9.17) is 9.47 Å². The van der Waals surface area contributed by atoms with Gasteiger partial charge in [-0.05, 0) is 52.4 Å². The minimum atomic E-state index is -0.143. The van der Waals surface area contributed by atoms with Gasteiger partial charge in [0.1, 0.15) is 5.75 Å². The van der Waals surface area contributed by atoms with Gasteiger partial charge in [0, 0.05) is 11.6 Å². The fourth-order valence-corrected chi connectivity index (χ4v) is 1.64. The summed E-state index contributed by atoms with van der Waals surface area (Å²) in [5, 5.41) is 3.24. The van der Waals surface area contributed by atoms with E-state index in [1.807, 2.05) is 13.1 Å². The second kappa shape index (κ2) is 6.21. The van der Waals surface area contributed by atoms with E-state index in [0.29, 0.717) is 12.6 Å². The number of hydrogen-bond donors (Lipinski definition) is 1. The first-order chi connectivity index (χ1) is 8.37. The van der Waals surface area contributed by atoms with Crippen LogP contribution in [-0.4, -0.2) is 19.8 Å². The van der Waals surface area contributed by atoms with Crippen molar-refractivity contribution in [3.05, 3.63) is 29.3 Å². The molecular formula is C15H25NO2. The average Bonchev–Trinajstić information content (AvgIpc) is 2.34. The normalized spacial score (nSPS) is 13.4. The SMILES string of the molecule is CNC(C)c1ccc(OC)c(COC(C)(C)C)c1. The summed E-state index contributed by atoms with van der Waals surface area (Å²) in [5.41, 5.74) is 2.19. The third-order valence-electron chi connectivity index (χ3n) is 2.90. The van der Waals surface area contributed by atoms with E-state index in [2.05, 4.69) is 45.1 Å². The summed E-state index contributed by atoms with van der Waals surface area (Å²) in [6.07, 6.45) is 0. The lowest BCUT2D eigenvalue weighted by molar-refractivity contribution is -0.0156. The smallest absolute Gasteiger partial charge is 0.124 e. The summed E-state index contributed by atoms with van der Waals surface area (Å²) in [4.78, 5) is 0. The summed E-state index contributed by atoms with van der Waals surface area (Å²) in [5.74, 6) is 0.881. The first-order valence-electron chi connectivity index (χ1n) is 6.35. The van der Waals surface area contributed by atoms with Crippen molar-refractivity contribution in [1.29, 1.82) is 0 Å². The lowest BCUT2D eigenvalue weighted by atomic mass is 10.0. The molecule has 3 heteroatoms. The number of hydrogen-bond acceptors (Lipinski definition) is 3. The highest BCUT2D eigenvalue weighted by atomic mass is 16.5. The summed E-state index contributed by atoms with van der Waals surface area (Å²) in [6.45, 7) is 8.87. The number of ether oxygens (including phenoxy) is 2. The van der Waals surface area contributed by atoms with Gasteiger partial charge >= 0.3 is 0 Å². The number of methoxy groups -OCH3 is 1. The van der Waals surface area contributed by atoms with Gasteiger partial charge in [0.2, 0.25) is 0 Å². The Morgan fingerprint density at radius 1 is 1.28 bits per heavy atom. The molecule has 1 atom stereocenters. The summed E-state index contributed by atoms with van der Waals surface area (Å²) in [6, 6.07) is 6.56. The monoisotopic (exact) mass is 251 g/mol. The molecule has 0 aromatic heterocycles. The van der Waals surface area contributed by atoms with Gasteiger partial charge in [0.15, 0.2) is 0 Å². The molecule has 1 aromatic rings. The second-order valence-electron chi connectivity index (χ2n) is 5.48. The van der Waals surface area contributed by atoms with Crippen molar-refractivity contribution in [1.82, 2.24) is 5.32 Å². The van der Waals surface area contributed by atoms with E-state index in [9.17, 15) is 0 Å². The molecule has 0 saturated heterocycles. The van der Waals surface area contributed by atoms with Crippen molar-refractivity contribution in [3.8, 4) is 5.75 Å². The molecule has 18 heavy (non-hydrogen) atoms. The Balaban J connectivity index is 2.92. The molecule has 0 amide bonds. The Kier molecular flexibility index (Phi) is 5.17. The van der Waals surface area contributed by atoms with Crippen molar-refractivity contribution in [2.45, 2.75) is 45.9 Å². The molecule has 0 spiro atoms. The largest absolute Gasteiger partial charge is 0.496 e. The van der Waals surface area contributed by atoms with Crippen LogP contribution in [0, 0.1) is 0 Å². The van der Waals surface area contributed by atoms with Gasteiger partial charge in [-0.15, -0.1) is 0 Å². The molecule has 0 bridgehead atoms. The topological polar surface area (TPSA) is 30.5 Å². The van der Waals surface area contributed by atoms with Gasteiger partial charge in [-0.2, -0.15) is 0 Å². The van der Waals surface area contributed by atoms with Crippen LogP contribution >= 0.6 is 0 Å². The van der Waals surface area contributed by atoms with E-state index in [1.54, 1.807) is 7.11 Å². The molecule has 1 N–H and O–H groups in total. The predicted molar refractivity (Wildman–Crippen MR) is 75.0 cm³/mol. The van der Waals surface area contributed by atoms with Gasteiger partial charge in [-0.3, -0.25) is 0 Å². The number of nitrogens with one attached hydrogen (secondary N) is 1. The van der Waals surface area contributed by atoms with Crippen LogP contribution in [0.15, 0.2) is 18.2 Å². The quantitative estimate of drug-likeness (QED) is 0.871. The Labute approximate surface area is 110 Å². The highest BCUT2D eigenvalue weighted by Gasteiger charge is 2.13. The second-order valence-corrected chi connectivity index (χ2v) is 5.48.